The normalized spacial score (nSPS) is 13.8. The molecule has 0 saturated heterocycles. The molecule has 0 aliphatic heterocycles. The third kappa shape index (κ3) is 3.09. The highest BCUT2D eigenvalue weighted by molar-refractivity contribution is 7.13. The van der Waals surface area contributed by atoms with Crippen LogP contribution >= 0.6 is 11.3 Å². The molecule has 9 heteroatoms. The summed E-state index contributed by atoms with van der Waals surface area (Å²) in [6, 6.07) is 0. The summed E-state index contributed by atoms with van der Waals surface area (Å²) in [5.74, 6) is -0.0736. The lowest BCUT2D eigenvalue weighted by Crippen LogP contribution is -2.27. The van der Waals surface area contributed by atoms with Crippen LogP contribution < -0.4 is 10.9 Å². The fourth-order valence-electron chi connectivity index (χ4n) is 4.17. The molecule has 154 valence electrons. The predicted molar refractivity (Wildman–Crippen MR) is 115 cm³/mol. The summed E-state index contributed by atoms with van der Waals surface area (Å²) in [6.45, 7) is 4.08. The molecule has 0 bridgehead atoms. The van der Waals surface area contributed by atoms with Crippen LogP contribution in [0.2, 0.25) is 0 Å². The highest BCUT2D eigenvalue weighted by Gasteiger charge is 2.25. The topological polar surface area (TPSA) is 103 Å². The van der Waals surface area contributed by atoms with Crippen molar-refractivity contribution in [3.05, 3.63) is 45.1 Å². The van der Waals surface area contributed by atoms with Gasteiger partial charge in [0.15, 0.2) is 5.13 Å². The summed E-state index contributed by atoms with van der Waals surface area (Å²) in [5.41, 5.74) is 4.29. The standard InChI is InChI=1S/C21H21N5O3S/c1-11(2)16-13-6-4-3-5-12(13)15-17-18(29-19(15)25-16)20(28)26(10-23-17)9-14(27)24-21-22-7-8-30-21/h7-8,10-11H,3-6,9H2,1-2H3,(H,22,24,27). The maximum atomic E-state index is 13.0. The zero-order valence-electron chi connectivity index (χ0n) is 16.8. The van der Waals surface area contributed by atoms with E-state index in [2.05, 4.69) is 29.1 Å². The van der Waals surface area contributed by atoms with Gasteiger partial charge in [0.05, 0.1) is 17.4 Å². The number of carbonyl (C=O) groups is 1. The number of hydrogen-bond donors (Lipinski definition) is 1. The highest BCUT2D eigenvalue weighted by Crippen LogP contribution is 2.36. The van der Waals surface area contributed by atoms with Gasteiger partial charge >= 0.3 is 0 Å². The van der Waals surface area contributed by atoms with Crippen molar-refractivity contribution < 1.29 is 9.21 Å². The first-order valence-corrected chi connectivity index (χ1v) is 10.9. The number of nitrogens with one attached hydrogen (secondary N) is 1. The minimum atomic E-state index is -0.386. The van der Waals surface area contributed by atoms with Crippen LogP contribution in [0.4, 0.5) is 5.13 Å². The molecule has 0 radical (unpaired) electrons. The van der Waals surface area contributed by atoms with Crippen LogP contribution in [-0.4, -0.2) is 25.4 Å². The fraction of sp³-hybridized carbons (Fsp3) is 0.381. The number of fused-ring (bicyclic) bond motifs is 5. The SMILES string of the molecule is CC(C)c1nc2oc3c(=O)n(CC(=O)Nc4nccs4)cnc3c2c2c1CCCC2. The van der Waals surface area contributed by atoms with Crippen molar-refractivity contribution in [3.63, 3.8) is 0 Å². The number of pyridine rings is 1. The molecule has 4 aromatic heterocycles. The van der Waals surface area contributed by atoms with E-state index in [-0.39, 0.29) is 29.5 Å². The Labute approximate surface area is 176 Å². The van der Waals surface area contributed by atoms with Gasteiger partial charge in [0.2, 0.25) is 17.2 Å². The van der Waals surface area contributed by atoms with Gasteiger partial charge in [0.25, 0.3) is 5.56 Å². The van der Waals surface area contributed by atoms with Crippen LogP contribution in [-0.2, 0) is 24.2 Å². The third-order valence-electron chi connectivity index (χ3n) is 5.49. The first-order chi connectivity index (χ1) is 14.5. The van der Waals surface area contributed by atoms with Gasteiger partial charge < -0.3 is 9.73 Å². The van der Waals surface area contributed by atoms with Crippen molar-refractivity contribution >= 4 is 44.6 Å². The number of furan rings is 1. The Morgan fingerprint density at radius 1 is 1.27 bits per heavy atom. The molecule has 4 heterocycles. The van der Waals surface area contributed by atoms with Gasteiger partial charge in [-0.2, -0.15) is 0 Å². The van der Waals surface area contributed by atoms with Crippen LogP contribution in [0.3, 0.4) is 0 Å². The number of aryl methyl sites for hydroxylation is 1. The quantitative estimate of drug-likeness (QED) is 0.538. The maximum absolute atomic E-state index is 13.0. The minimum absolute atomic E-state index is 0.149. The maximum Gasteiger partial charge on any atom is 0.297 e. The van der Waals surface area contributed by atoms with Gasteiger partial charge in [0, 0.05) is 11.6 Å². The van der Waals surface area contributed by atoms with E-state index >= 15 is 0 Å². The lowest BCUT2D eigenvalue weighted by atomic mass is 9.86. The molecule has 0 fully saturated rings. The van der Waals surface area contributed by atoms with Crippen molar-refractivity contribution in [2.75, 3.05) is 5.32 Å². The molecule has 1 N–H and O–H groups in total. The number of thiazole rings is 1. The van der Waals surface area contributed by atoms with Crippen molar-refractivity contribution in [1.82, 2.24) is 19.5 Å². The highest BCUT2D eigenvalue weighted by atomic mass is 32.1. The molecule has 0 aromatic carbocycles. The summed E-state index contributed by atoms with van der Waals surface area (Å²) in [7, 11) is 0. The van der Waals surface area contributed by atoms with Gasteiger partial charge in [-0.15, -0.1) is 11.3 Å². The molecular formula is C21H21N5O3S. The average molecular weight is 423 g/mol. The van der Waals surface area contributed by atoms with Crippen LogP contribution in [0.1, 0.15) is 49.4 Å². The van der Waals surface area contributed by atoms with Gasteiger partial charge in [0.1, 0.15) is 12.1 Å². The van der Waals surface area contributed by atoms with Gasteiger partial charge in [-0.3, -0.25) is 14.2 Å². The zero-order chi connectivity index (χ0) is 20.8. The molecular weight excluding hydrogens is 402 g/mol. The smallest absolute Gasteiger partial charge is 0.297 e. The first kappa shape index (κ1) is 18.9. The summed E-state index contributed by atoms with van der Waals surface area (Å²) in [6.07, 6.45) is 7.19. The Morgan fingerprint density at radius 3 is 2.80 bits per heavy atom. The summed E-state index contributed by atoms with van der Waals surface area (Å²) in [5, 5.41) is 5.77. The number of carbonyl (C=O) groups excluding carboxylic acids is 1. The zero-order valence-corrected chi connectivity index (χ0v) is 17.6. The number of nitrogens with zero attached hydrogens (tertiary/aromatic N) is 4. The third-order valence-corrected chi connectivity index (χ3v) is 6.17. The molecule has 1 aliphatic carbocycles. The van der Waals surface area contributed by atoms with Crippen molar-refractivity contribution in [2.45, 2.75) is 52.0 Å². The molecule has 30 heavy (non-hydrogen) atoms. The molecule has 5 rings (SSSR count). The van der Waals surface area contributed by atoms with E-state index in [0.717, 1.165) is 36.8 Å². The molecule has 0 atom stereocenters. The van der Waals surface area contributed by atoms with Gasteiger partial charge in [-0.25, -0.2) is 15.0 Å². The van der Waals surface area contributed by atoms with E-state index in [1.807, 2.05) is 0 Å². The van der Waals surface area contributed by atoms with E-state index in [9.17, 15) is 9.59 Å². The Kier molecular flexibility index (Phi) is 4.62. The molecule has 4 aromatic rings. The molecule has 1 aliphatic rings. The molecule has 1 amide bonds. The number of hydrogen-bond acceptors (Lipinski definition) is 7. The number of rotatable bonds is 4. The number of amides is 1. The van der Waals surface area contributed by atoms with E-state index in [0.29, 0.717) is 16.4 Å². The van der Waals surface area contributed by atoms with Crippen LogP contribution in [0, 0.1) is 0 Å². The van der Waals surface area contributed by atoms with E-state index in [1.165, 1.54) is 33.4 Å². The fourth-order valence-corrected chi connectivity index (χ4v) is 4.71. The van der Waals surface area contributed by atoms with Crippen molar-refractivity contribution in [3.8, 4) is 0 Å². The van der Waals surface area contributed by atoms with Gasteiger partial charge in [-0.05, 0) is 42.7 Å². The second-order valence-corrected chi connectivity index (χ2v) is 8.73. The van der Waals surface area contributed by atoms with Crippen LogP contribution in [0.5, 0.6) is 0 Å². The molecule has 0 unspecified atom stereocenters. The summed E-state index contributed by atoms with van der Waals surface area (Å²) in [4.78, 5) is 38.6. The summed E-state index contributed by atoms with van der Waals surface area (Å²) >= 11 is 1.32. The van der Waals surface area contributed by atoms with Crippen LogP contribution in [0.25, 0.3) is 22.2 Å². The molecule has 8 nitrogen and oxygen atoms in total. The van der Waals surface area contributed by atoms with Crippen LogP contribution in [0.15, 0.2) is 27.1 Å². The van der Waals surface area contributed by atoms with E-state index in [1.54, 1.807) is 11.6 Å². The average Bonchev–Trinajstić information content (AvgIpc) is 3.37. The Morgan fingerprint density at radius 2 is 2.07 bits per heavy atom. The second kappa shape index (κ2) is 7.32. The molecule has 0 spiro atoms. The predicted octanol–water partition coefficient (Wildman–Crippen LogP) is 3.64. The lowest BCUT2D eigenvalue weighted by Gasteiger charge is -2.21. The Balaban J connectivity index is 1.61. The van der Waals surface area contributed by atoms with Crippen molar-refractivity contribution in [2.24, 2.45) is 0 Å². The summed E-state index contributed by atoms with van der Waals surface area (Å²) < 4.78 is 7.17. The number of anilines is 1. The Hall–Kier alpha value is -3.07. The molecule has 0 saturated carbocycles. The van der Waals surface area contributed by atoms with Gasteiger partial charge in [-0.1, -0.05) is 13.8 Å². The number of aromatic nitrogens is 4. The van der Waals surface area contributed by atoms with E-state index < -0.39 is 0 Å². The van der Waals surface area contributed by atoms with Crippen molar-refractivity contribution in [1.29, 1.82) is 0 Å². The second-order valence-electron chi connectivity index (χ2n) is 7.84. The Bertz CT molecular complexity index is 1320. The lowest BCUT2D eigenvalue weighted by molar-refractivity contribution is -0.116. The minimum Gasteiger partial charge on any atom is -0.430 e. The monoisotopic (exact) mass is 423 g/mol. The van der Waals surface area contributed by atoms with E-state index in [4.69, 9.17) is 9.40 Å². The first-order valence-electron chi connectivity index (χ1n) is 10.1. The largest absolute Gasteiger partial charge is 0.430 e.